The highest BCUT2D eigenvalue weighted by Crippen LogP contribution is 2.28. The SMILES string of the molecule is CN(CCCCCCO)C1([N+](=O)[O-])C=CC(C=Cc2ccccc2)=CC1. The highest BCUT2D eigenvalue weighted by molar-refractivity contribution is 5.55. The molecule has 5 heteroatoms. The summed E-state index contributed by atoms with van der Waals surface area (Å²) in [6.45, 7) is 0.876. The first-order valence-electron chi connectivity index (χ1n) is 9.17. The van der Waals surface area contributed by atoms with Gasteiger partial charge in [0.15, 0.2) is 0 Å². The Hall–Kier alpha value is -2.24. The topological polar surface area (TPSA) is 66.6 Å². The minimum atomic E-state index is -1.17. The molecule has 1 aromatic rings. The molecular weight excluding hydrogens is 328 g/mol. The zero-order valence-electron chi connectivity index (χ0n) is 15.4. The molecule has 0 saturated heterocycles. The average Bonchev–Trinajstić information content (AvgIpc) is 2.67. The zero-order chi connectivity index (χ0) is 18.8. The van der Waals surface area contributed by atoms with Gasteiger partial charge in [-0.25, -0.2) is 4.90 Å². The number of likely N-dealkylation sites (N-methyl/N-ethyl adjacent to an activating group) is 1. The van der Waals surface area contributed by atoms with Crippen LogP contribution in [0.15, 0.2) is 60.2 Å². The zero-order valence-corrected chi connectivity index (χ0v) is 15.4. The van der Waals surface area contributed by atoms with Crippen molar-refractivity contribution in [1.82, 2.24) is 4.90 Å². The summed E-state index contributed by atoms with van der Waals surface area (Å²) in [5.41, 5.74) is 0.928. The number of aliphatic hydroxyl groups is 1. The molecule has 0 saturated carbocycles. The van der Waals surface area contributed by atoms with Crippen LogP contribution in [0.1, 0.15) is 37.7 Å². The number of nitro groups is 1. The van der Waals surface area contributed by atoms with Crippen molar-refractivity contribution in [2.24, 2.45) is 0 Å². The van der Waals surface area contributed by atoms with E-state index < -0.39 is 5.66 Å². The number of hydrogen-bond acceptors (Lipinski definition) is 4. The van der Waals surface area contributed by atoms with Crippen LogP contribution in [0, 0.1) is 10.1 Å². The quantitative estimate of drug-likeness (QED) is 0.297. The van der Waals surface area contributed by atoms with E-state index in [9.17, 15) is 10.1 Å². The number of benzene rings is 1. The number of aliphatic hydroxyl groups excluding tert-OH is 1. The largest absolute Gasteiger partial charge is 0.396 e. The molecule has 0 heterocycles. The molecule has 1 atom stereocenters. The van der Waals surface area contributed by atoms with E-state index in [0.29, 0.717) is 13.0 Å². The van der Waals surface area contributed by atoms with Crippen LogP contribution in [0.4, 0.5) is 0 Å². The van der Waals surface area contributed by atoms with E-state index in [4.69, 9.17) is 5.11 Å². The lowest BCUT2D eigenvalue weighted by molar-refractivity contribution is -0.584. The second-order valence-electron chi connectivity index (χ2n) is 6.68. The van der Waals surface area contributed by atoms with Crippen LogP contribution in [0.3, 0.4) is 0 Å². The number of allylic oxidation sites excluding steroid dienone is 3. The Kier molecular flexibility index (Phi) is 7.75. The summed E-state index contributed by atoms with van der Waals surface area (Å²) in [7, 11) is 1.82. The normalized spacial score (nSPS) is 19.9. The fourth-order valence-electron chi connectivity index (χ4n) is 3.08. The molecule has 2 rings (SSSR count). The number of hydrogen-bond donors (Lipinski definition) is 1. The van der Waals surface area contributed by atoms with E-state index in [1.165, 1.54) is 0 Å². The lowest BCUT2D eigenvalue weighted by atomic mass is 9.95. The molecule has 0 bridgehead atoms. The Labute approximate surface area is 155 Å². The molecule has 1 aromatic carbocycles. The van der Waals surface area contributed by atoms with Crippen molar-refractivity contribution in [3.63, 3.8) is 0 Å². The summed E-state index contributed by atoms with van der Waals surface area (Å²) in [5, 5.41) is 20.6. The van der Waals surface area contributed by atoms with Gasteiger partial charge in [-0.1, -0.05) is 67.5 Å². The fraction of sp³-hybridized carbons (Fsp3) is 0.429. The van der Waals surface area contributed by atoms with Crippen LogP contribution in [0.25, 0.3) is 6.08 Å². The molecule has 1 N–H and O–H groups in total. The number of unbranched alkanes of at least 4 members (excludes halogenated alkanes) is 3. The van der Waals surface area contributed by atoms with Crippen molar-refractivity contribution in [1.29, 1.82) is 0 Å². The molecule has 0 aliphatic heterocycles. The standard InChI is InChI=1S/C21H28N2O3/c1-22(17-7-2-3-8-18-24)21(23(25)26)15-13-20(14-16-21)12-11-19-9-5-4-6-10-19/h4-6,9-15,24H,2-3,7-8,16-18H2,1H3. The first-order valence-corrected chi connectivity index (χ1v) is 9.17. The lowest BCUT2D eigenvalue weighted by Crippen LogP contribution is -2.52. The molecule has 0 aromatic heterocycles. The highest BCUT2D eigenvalue weighted by atomic mass is 16.6. The van der Waals surface area contributed by atoms with Crippen molar-refractivity contribution < 1.29 is 10.0 Å². The second-order valence-corrected chi connectivity index (χ2v) is 6.68. The molecule has 1 unspecified atom stereocenters. The van der Waals surface area contributed by atoms with E-state index in [-0.39, 0.29) is 11.5 Å². The Morgan fingerprint density at radius 2 is 1.92 bits per heavy atom. The summed E-state index contributed by atoms with van der Waals surface area (Å²) < 4.78 is 0. The van der Waals surface area contributed by atoms with Crippen molar-refractivity contribution in [2.45, 2.75) is 37.8 Å². The van der Waals surface area contributed by atoms with Crippen LogP contribution < -0.4 is 0 Å². The van der Waals surface area contributed by atoms with Crippen molar-refractivity contribution in [3.8, 4) is 0 Å². The summed E-state index contributed by atoms with van der Waals surface area (Å²) in [5.74, 6) is 0. The van der Waals surface area contributed by atoms with Gasteiger partial charge in [-0.05, 0) is 31.0 Å². The van der Waals surface area contributed by atoms with Crippen LogP contribution in [0.5, 0.6) is 0 Å². The first-order chi connectivity index (χ1) is 12.6. The van der Waals surface area contributed by atoms with E-state index in [0.717, 1.165) is 36.8 Å². The molecule has 140 valence electrons. The fourth-order valence-corrected chi connectivity index (χ4v) is 3.08. The summed E-state index contributed by atoms with van der Waals surface area (Å²) in [6.07, 6.45) is 13.5. The van der Waals surface area contributed by atoms with E-state index in [1.54, 1.807) is 6.08 Å². The van der Waals surface area contributed by atoms with E-state index >= 15 is 0 Å². The molecule has 26 heavy (non-hydrogen) atoms. The maximum Gasteiger partial charge on any atom is 0.299 e. The van der Waals surface area contributed by atoms with Crippen molar-refractivity contribution >= 4 is 6.08 Å². The lowest BCUT2D eigenvalue weighted by Gasteiger charge is -2.32. The second kappa shape index (κ2) is 10.0. The summed E-state index contributed by atoms with van der Waals surface area (Å²) >= 11 is 0. The van der Waals surface area contributed by atoms with Gasteiger partial charge in [0, 0.05) is 24.2 Å². The van der Waals surface area contributed by atoms with Crippen LogP contribution in [0.2, 0.25) is 0 Å². The van der Waals surface area contributed by atoms with Gasteiger partial charge < -0.3 is 5.11 Å². The Morgan fingerprint density at radius 3 is 2.54 bits per heavy atom. The highest BCUT2D eigenvalue weighted by Gasteiger charge is 2.44. The monoisotopic (exact) mass is 356 g/mol. The maximum atomic E-state index is 11.8. The first kappa shape index (κ1) is 20.1. The van der Waals surface area contributed by atoms with E-state index in [2.05, 4.69) is 0 Å². The van der Waals surface area contributed by atoms with Gasteiger partial charge in [-0.3, -0.25) is 10.1 Å². The van der Waals surface area contributed by atoms with Crippen LogP contribution >= 0.6 is 0 Å². The van der Waals surface area contributed by atoms with Crippen LogP contribution in [-0.4, -0.2) is 40.8 Å². The molecule has 0 radical (unpaired) electrons. The van der Waals surface area contributed by atoms with Gasteiger partial charge in [0.25, 0.3) is 5.66 Å². The molecule has 0 spiro atoms. The Morgan fingerprint density at radius 1 is 1.19 bits per heavy atom. The van der Waals surface area contributed by atoms with Crippen molar-refractivity contribution in [3.05, 3.63) is 75.9 Å². The minimum absolute atomic E-state index is 0.189. The van der Waals surface area contributed by atoms with Gasteiger partial charge in [-0.15, -0.1) is 0 Å². The Balaban J connectivity index is 1.96. The maximum absolute atomic E-state index is 11.8. The molecule has 1 aliphatic rings. The van der Waals surface area contributed by atoms with Crippen LogP contribution in [-0.2, 0) is 0 Å². The molecule has 0 amide bonds. The van der Waals surface area contributed by atoms with Gasteiger partial charge in [0.05, 0.1) is 6.42 Å². The third-order valence-corrected chi connectivity index (χ3v) is 4.83. The number of nitrogens with zero attached hydrogens (tertiary/aromatic N) is 2. The minimum Gasteiger partial charge on any atom is -0.396 e. The number of rotatable bonds is 10. The van der Waals surface area contributed by atoms with E-state index in [1.807, 2.05) is 66.6 Å². The summed E-state index contributed by atoms with van der Waals surface area (Å²) in [4.78, 5) is 13.4. The molecule has 1 aliphatic carbocycles. The van der Waals surface area contributed by atoms with Gasteiger partial charge in [0.1, 0.15) is 0 Å². The molecule has 5 nitrogen and oxygen atoms in total. The third-order valence-electron chi connectivity index (χ3n) is 4.83. The predicted octanol–water partition coefficient (Wildman–Crippen LogP) is 4.04. The summed E-state index contributed by atoms with van der Waals surface area (Å²) in [6, 6.07) is 9.99. The molecule has 0 fully saturated rings. The van der Waals surface area contributed by atoms with Gasteiger partial charge in [0.2, 0.25) is 0 Å². The predicted molar refractivity (Wildman–Crippen MR) is 105 cm³/mol. The van der Waals surface area contributed by atoms with Crippen molar-refractivity contribution in [2.75, 3.05) is 20.2 Å². The third kappa shape index (κ3) is 5.38. The van der Waals surface area contributed by atoms with Gasteiger partial charge >= 0.3 is 0 Å². The Bertz CT molecular complexity index is 667. The smallest absolute Gasteiger partial charge is 0.299 e. The molecular formula is C21H28N2O3. The average molecular weight is 356 g/mol. The van der Waals surface area contributed by atoms with Gasteiger partial charge in [-0.2, -0.15) is 0 Å².